The zero-order valence-corrected chi connectivity index (χ0v) is 48.3. The number of nitrogens with one attached hydrogen (secondary N) is 3. The Morgan fingerprint density at radius 1 is 0.853 bits per heavy atom. The van der Waals surface area contributed by atoms with Gasteiger partial charge in [0.1, 0.15) is 6.61 Å². The summed E-state index contributed by atoms with van der Waals surface area (Å²) in [5.74, 6) is -3.20. The Balaban J connectivity index is 2.13. The number of aliphatic hydroxyl groups is 1. The van der Waals surface area contributed by atoms with Gasteiger partial charge in [-0.15, -0.1) is 0 Å². The first kappa shape index (κ1) is 66.6. The summed E-state index contributed by atoms with van der Waals surface area (Å²) in [6.07, 6.45) is -0.870. The van der Waals surface area contributed by atoms with Crippen molar-refractivity contribution in [1.29, 1.82) is 0 Å². The number of rotatable bonds is 34. The van der Waals surface area contributed by atoms with Gasteiger partial charge in [-0.25, -0.2) is 0 Å². The number of benzene rings is 1. The van der Waals surface area contributed by atoms with Gasteiger partial charge in [-0.1, -0.05) is 92.1 Å². The second kappa shape index (κ2) is 32.9. The molecule has 428 valence electrons. The molecule has 19 heteroatoms. The fourth-order valence-electron chi connectivity index (χ4n) is 9.84. The predicted octanol–water partition coefficient (Wildman–Crippen LogP) is 4.69. The number of methoxy groups -OCH3 is 2. The molecule has 1 fully saturated rings. The topological polar surface area (TPSA) is 232 Å². The summed E-state index contributed by atoms with van der Waals surface area (Å²) in [7, 11) is 8.35. The molecule has 5 amide bonds. The molecule has 1 heterocycles. The number of carbonyl (C=O) groups is 7. The van der Waals surface area contributed by atoms with E-state index in [0.29, 0.717) is 25.8 Å². The normalized spacial score (nSPS) is 18.0. The molecular formula is C56H96N6O13. The summed E-state index contributed by atoms with van der Waals surface area (Å²) in [5.41, 5.74) is 0.440. The Bertz CT molecular complexity index is 1920. The van der Waals surface area contributed by atoms with Crippen molar-refractivity contribution in [2.24, 2.45) is 23.2 Å². The molecule has 0 saturated carbocycles. The van der Waals surface area contributed by atoms with Crippen molar-refractivity contribution in [1.82, 2.24) is 30.7 Å². The van der Waals surface area contributed by atoms with Crippen molar-refractivity contribution < 1.29 is 62.4 Å². The molecule has 1 aliphatic rings. The molecule has 2 rings (SSSR count). The van der Waals surface area contributed by atoms with Crippen molar-refractivity contribution in [3.8, 4) is 0 Å². The number of likely N-dealkylation sites (N-methyl/N-ethyl adjacent to an activating group) is 2. The number of Topliss-reactive ketones (excluding diaryl/α,β-unsaturated/α-hetero) is 1. The van der Waals surface area contributed by atoms with Gasteiger partial charge in [0.2, 0.25) is 29.5 Å². The highest BCUT2D eigenvalue weighted by Gasteiger charge is 2.43. The number of esters is 1. The number of ketones is 1. The van der Waals surface area contributed by atoms with E-state index in [1.54, 1.807) is 30.7 Å². The van der Waals surface area contributed by atoms with Gasteiger partial charge < -0.3 is 54.5 Å². The Morgan fingerprint density at radius 3 is 2.05 bits per heavy atom. The van der Waals surface area contributed by atoms with E-state index in [4.69, 9.17) is 23.7 Å². The maximum absolute atomic E-state index is 14.4. The molecule has 19 nitrogen and oxygen atoms in total. The van der Waals surface area contributed by atoms with Crippen molar-refractivity contribution in [2.75, 3.05) is 61.7 Å². The van der Waals surface area contributed by atoms with E-state index in [1.807, 2.05) is 112 Å². The summed E-state index contributed by atoms with van der Waals surface area (Å²) in [6.45, 7) is 20.6. The highest BCUT2D eigenvalue weighted by atomic mass is 16.7. The average molecular weight is 1060 g/mol. The van der Waals surface area contributed by atoms with Gasteiger partial charge >= 0.3 is 5.97 Å². The zero-order chi connectivity index (χ0) is 56.7. The molecule has 1 aromatic carbocycles. The maximum atomic E-state index is 14.4. The minimum absolute atomic E-state index is 0.00609. The third-order valence-corrected chi connectivity index (χ3v) is 14.1. The summed E-state index contributed by atoms with van der Waals surface area (Å²) >= 11 is 0. The van der Waals surface area contributed by atoms with Crippen LogP contribution in [-0.2, 0) is 63.7 Å². The van der Waals surface area contributed by atoms with Crippen LogP contribution in [0.4, 0.5) is 0 Å². The van der Waals surface area contributed by atoms with E-state index in [9.17, 15) is 38.7 Å². The predicted molar refractivity (Wildman–Crippen MR) is 287 cm³/mol. The lowest BCUT2D eigenvalue weighted by atomic mass is 9.89. The van der Waals surface area contributed by atoms with Crippen LogP contribution in [0.5, 0.6) is 0 Å². The highest BCUT2D eigenvalue weighted by molar-refractivity contribution is 5.91. The fourth-order valence-corrected chi connectivity index (χ4v) is 9.84. The quantitative estimate of drug-likeness (QED) is 0.0543. The number of carbonyl (C=O) groups excluding carboxylic acids is 7. The second-order valence-electron chi connectivity index (χ2n) is 22.2. The molecule has 1 saturated heterocycles. The molecule has 5 unspecified atom stereocenters. The Labute approximate surface area is 448 Å². The number of nitrogens with zero attached hydrogens (tertiary/aromatic N) is 3. The van der Waals surface area contributed by atoms with Gasteiger partial charge in [-0.2, -0.15) is 0 Å². The van der Waals surface area contributed by atoms with E-state index >= 15 is 0 Å². The molecule has 0 aromatic heterocycles. The molecular weight excluding hydrogens is 965 g/mol. The minimum atomic E-state index is -0.948. The lowest BCUT2D eigenvalue weighted by molar-refractivity contribution is -0.232. The third kappa shape index (κ3) is 22.2. The smallest absolute Gasteiger partial charge is 0.305 e. The van der Waals surface area contributed by atoms with Crippen LogP contribution in [0.3, 0.4) is 0 Å². The van der Waals surface area contributed by atoms with Crippen LogP contribution >= 0.6 is 0 Å². The molecule has 0 bridgehead atoms. The van der Waals surface area contributed by atoms with Gasteiger partial charge in [0.25, 0.3) is 0 Å². The van der Waals surface area contributed by atoms with Crippen LogP contribution in [0.1, 0.15) is 133 Å². The Hall–Kier alpha value is -4.53. The summed E-state index contributed by atoms with van der Waals surface area (Å²) in [4.78, 5) is 100. The van der Waals surface area contributed by atoms with E-state index < -0.39 is 72.6 Å². The molecule has 1 aromatic rings. The Morgan fingerprint density at radius 2 is 1.51 bits per heavy atom. The number of amides is 5. The summed E-state index contributed by atoms with van der Waals surface area (Å²) < 4.78 is 29.1. The molecule has 75 heavy (non-hydrogen) atoms. The largest absolute Gasteiger partial charge is 0.460 e. The monoisotopic (exact) mass is 1060 g/mol. The van der Waals surface area contributed by atoms with Crippen molar-refractivity contribution in [3.05, 3.63) is 35.9 Å². The van der Waals surface area contributed by atoms with Gasteiger partial charge in [0.05, 0.1) is 74.1 Å². The first-order valence-electron chi connectivity index (χ1n) is 27.0. The molecule has 0 radical (unpaired) electrons. The number of likely N-dealkylation sites (tertiary alicyclic amines) is 1. The van der Waals surface area contributed by atoms with Crippen LogP contribution in [0, 0.1) is 23.2 Å². The number of aliphatic hydroxyl groups excluding tert-OH is 1. The maximum Gasteiger partial charge on any atom is 0.305 e. The van der Waals surface area contributed by atoms with Crippen molar-refractivity contribution >= 4 is 41.3 Å². The molecule has 4 N–H and O–H groups in total. The first-order valence-corrected chi connectivity index (χ1v) is 27.0. The third-order valence-electron chi connectivity index (χ3n) is 14.1. The molecule has 0 aliphatic carbocycles. The fraction of sp³-hybridized carbons (Fsp3) is 0.768. The van der Waals surface area contributed by atoms with Crippen LogP contribution in [0.25, 0.3) is 0 Å². The van der Waals surface area contributed by atoms with Crippen LogP contribution < -0.4 is 16.0 Å². The van der Waals surface area contributed by atoms with Crippen molar-refractivity contribution in [3.63, 3.8) is 0 Å². The van der Waals surface area contributed by atoms with Crippen LogP contribution in [-0.4, -0.2) is 184 Å². The Kier molecular flexibility index (Phi) is 29.2. The molecule has 1 aliphatic heterocycles. The number of hydrogen-bond donors (Lipinski definition) is 4. The van der Waals surface area contributed by atoms with Gasteiger partial charge in [-0.3, -0.25) is 38.5 Å². The van der Waals surface area contributed by atoms with Gasteiger partial charge in [0.15, 0.2) is 12.1 Å². The van der Waals surface area contributed by atoms with E-state index in [2.05, 4.69) is 16.0 Å². The van der Waals surface area contributed by atoms with Crippen LogP contribution in [0.2, 0.25) is 0 Å². The highest BCUT2D eigenvalue weighted by Crippen LogP contribution is 2.30. The molecule has 11 atom stereocenters. The SMILES string of the molecule is CC[C@H](C)C([C@@H](CC(=O)N1CCC[C@H]1[C@H](OC)[C@@H](C)C(=O)N[C@@H](Cc1ccccc1)C(=O)CC(C)NC(=O)CCCC(=O)OCC(OC(C)C)OC(CO)C(C)(C)C)OC)N(C)C(=O)CNC(=O)C(C(C)C)N(C)C. The zero-order valence-electron chi connectivity index (χ0n) is 48.3. The lowest BCUT2D eigenvalue weighted by Crippen LogP contribution is -2.55. The number of hydrogen-bond acceptors (Lipinski definition) is 14. The lowest BCUT2D eigenvalue weighted by Gasteiger charge is -2.39. The van der Waals surface area contributed by atoms with E-state index in [1.165, 1.54) is 14.2 Å². The van der Waals surface area contributed by atoms with Gasteiger partial charge in [0, 0.05) is 53.1 Å². The number of ether oxygens (including phenoxy) is 5. The molecule has 0 spiro atoms. The van der Waals surface area contributed by atoms with Gasteiger partial charge in [-0.05, 0) is 83.4 Å². The van der Waals surface area contributed by atoms with Crippen molar-refractivity contribution in [2.45, 2.75) is 195 Å². The first-order chi connectivity index (χ1) is 35.2. The van der Waals surface area contributed by atoms with Crippen LogP contribution in [0.15, 0.2) is 30.3 Å². The standard InChI is InChI=1S/C56H96N6O13/c1-17-37(6)52(61(14)48(67)32-57-55(70)51(35(2)3)60(12)13)44(71-15)31-47(66)62-28-22-25-42(62)53(72-16)39(8)54(69)59-41(30-40-23-19-18-20-24-40)43(64)29-38(7)58-46(65)26-21-27-49(68)73-34-50(74-36(4)5)75-45(33-63)56(9,10)11/h18-20,23-24,35-39,41-42,44-45,50-53,63H,17,21-22,25-34H2,1-16H3,(H,57,70)(H,58,65)(H,59,69)/t37-,38?,39+,41-,42-,44+,45?,50?,51?,52?,53+/m0/s1. The summed E-state index contributed by atoms with van der Waals surface area (Å²) in [6, 6.07) is 6.39. The second-order valence-corrected chi connectivity index (χ2v) is 22.2. The minimum Gasteiger partial charge on any atom is -0.460 e. The summed E-state index contributed by atoms with van der Waals surface area (Å²) in [5, 5.41) is 18.5. The average Bonchev–Trinajstić information content (AvgIpc) is 3.82. The van der Waals surface area contributed by atoms with E-state index in [-0.39, 0.29) is 111 Å². The van der Waals surface area contributed by atoms with E-state index in [0.717, 1.165) is 5.56 Å².